The summed E-state index contributed by atoms with van der Waals surface area (Å²) >= 11 is 0. The summed E-state index contributed by atoms with van der Waals surface area (Å²) in [6, 6.07) is 0. The third-order valence-corrected chi connectivity index (χ3v) is 4.87. The number of unbranched alkanes of at least 4 members (excludes halogenated alkanes) is 15. The summed E-state index contributed by atoms with van der Waals surface area (Å²) in [5.74, 6) is -0.702. The van der Waals surface area contributed by atoms with E-state index in [1.165, 1.54) is 89.9 Å². The normalized spacial score (nSPS) is 11.7. The largest absolute Gasteiger partial charge is 0.481 e. The molecule has 0 saturated heterocycles. The number of carboxylic acids is 1. The van der Waals surface area contributed by atoms with E-state index < -0.39 is 5.97 Å². The molecule has 0 aromatic heterocycles. The molecular weight excluding hydrogens is 320 g/mol. The van der Waals surface area contributed by atoms with E-state index >= 15 is 0 Å². The molecule has 0 atom stereocenters. The van der Waals surface area contributed by atoms with Gasteiger partial charge < -0.3 is 5.11 Å². The van der Waals surface area contributed by atoms with Gasteiger partial charge in [0.25, 0.3) is 0 Å². The molecule has 0 radical (unpaired) electrons. The summed E-state index contributed by atoms with van der Waals surface area (Å²) < 4.78 is 0. The van der Waals surface area contributed by atoms with E-state index in [1.54, 1.807) is 0 Å². The molecular formula is C24H44O2. The molecule has 2 nitrogen and oxygen atoms in total. The van der Waals surface area contributed by atoms with E-state index in [1.807, 2.05) is 6.08 Å². The molecule has 0 bridgehead atoms. The maximum atomic E-state index is 10.4. The first-order valence-electron chi connectivity index (χ1n) is 11.3. The maximum absolute atomic E-state index is 10.4. The van der Waals surface area contributed by atoms with Crippen molar-refractivity contribution in [1.82, 2.24) is 0 Å². The minimum atomic E-state index is -0.702. The van der Waals surface area contributed by atoms with E-state index in [0.717, 1.165) is 19.3 Å². The second-order valence-electron chi connectivity index (χ2n) is 7.53. The molecule has 152 valence electrons. The van der Waals surface area contributed by atoms with Crippen LogP contribution >= 0.6 is 0 Å². The van der Waals surface area contributed by atoms with Crippen molar-refractivity contribution in [2.75, 3.05) is 0 Å². The molecule has 0 aromatic carbocycles. The van der Waals surface area contributed by atoms with Gasteiger partial charge in [0.1, 0.15) is 0 Å². The Morgan fingerprint density at radius 2 is 1.00 bits per heavy atom. The molecule has 0 rings (SSSR count). The quantitative estimate of drug-likeness (QED) is 0.174. The molecule has 0 aromatic rings. The van der Waals surface area contributed by atoms with Crippen LogP contribution < -0.4 is 0 Å². The van der Waals surface area contributed by atoms with Crippen LogP contribution in [0.5, 0.6) is 0 Å². The fourth-order valence-electron chi connectivity index (χ4n) is 3.18. The van der Waals surface area contributed by atoms with Gasteiger partial charge in [0.15, 0.2) is 0 Å². The Kier molecular flexibility index (Phi) is 21.1. The molecule has 0 amide bonds. The lowest BCUT2D eigenvalue weighted by Gasteiger charge is -2.02. The number of rotatable bonds is 20. The highest BCUT2D eigenvalue weighted by Gasteiger charge is 1.94. The van der Waals surface area contributed by atoms with E-state index in [2.05, 4.69) is 25.2 Å². The first-order valence-corrected chi connectivity index (χ1v) is 11.3. The summed E-state index contributed by atoms with van der Waals surface area (Å²) in [6.45, 7) is 2.28. The number of carbonyl (C=O) groups is 1. The lowest BCUT2D eigenvalue weighted by atomic mass is 10.0. The number of aliphatic carboxylic acids is 1. The van der Waals surface area contributed by atoms with Gasteiger partial charge in [-0.2, -0.15) is 0 Å². The molecule has 0 aliphatic rings. The molecule has 0 aliphatic carbocycles. The minimum Gasteiger partial charge on any atom is -0.481 e. The zero-order valence-electron chi connectivity index (χ0n) is 17.4. The number of allylic oxidation sites excluding steroid dienone is 4. The van der Waals surface area contributed by atoms with Crippen molar-refractivity contribution in [1.29, 1.82) is 0 Å². The van der Waals surface area contributed by atoms with E-state index in [4.69, 9.17) is 5.11 Å². The second kappa shape index (κ2) is 22.0. The Morgan fingerprint density at radius 3 is 1.42 bits per heavy atom. The van der Waals surface area contributed by atoms with Gasteiger partial charge in [-0.05, 0) is 25.7 Å². The molecule has 2 heteroatoms. The van der Waals surface area contributed by atoms with Crippen molar-refractivity contribution in [2.45, 2.75) is 122 Å². The van der Waals surface area contributed by atoms with Gasteiger partial charge >= 0.3 is 5.97 Å². The topological polar surface area (TPSA) is 37.3 Å². The SMILES string of the molecule is CCCCCCCCCCCCCCCC/C=C/C=C/CCCC(=O)O. The van der Waals surface area contributed by atoms with Crippen molar-refractivity contribution in [3.05, 3.63) is 24.3 Å². The average molecular weight is 365 g/mol. The van der Waals surface area contributed by atoms with Gasteiger partial charge in [-0.3, -0.25) is 4.79 Å². The molecule has 26 heavy (non-hydrogen) atoms. The molecule has 0 heterocycles. The Labute approximate surface area is 163 Å². The molecule has 0 fully saturated rings. The Bertz CT molecular complexity index is 344. The Hall–Kier alpha value is -1.05. The number of hydrogen-bond acceptors (Lipinski definition) is 1. The lowest BCUT2D eigenvalue weighted by Crippen LogP contribution is -1.92. The van der Waals surface area contributed by atoms with Gasteiger partial charge in [-0.15, -0.1) is 0 Å². The van der Waals surface area contributed by atoms with Crippen molar-refractivity contribution < 1.29 is 9.90 Å². The third kappa shape index (κ3) is 22.9. The van der Waals surface area contributed by atoms with Crippen LogP contribution in [0.15, 0.2) is 24.3 Å². The molecule has 1 N–H and O–H groups in total. The van der Waals surface area contributed by atoms with Crippen LogP contribution in [0.25, 0.3) is 0 Å². The highest BCUT2D eigenvalue weighted by molar-refractivity contribution is 5.66. The van der Waals surface area contributed by atoms with E-state index in [-0.39, 0.29) is 6.42 Å². The van der Waals surface area contributed by atoms with Crippen LogP contribution in [0.4, 0.5) is 0 Å². The zero-order valence-corrected chi connectivity index (χ0v) is 17.4. The minimum absolute atomic E-state index is 0.271. The predicted molar refractivity (Wildman–Crippen MR) is 115 cm³/mol. The number of hydrogen-bond donors (Lipinski definition) is 1. The second-order valence-corrected chi connectivity index (χ2v) is 7.53. The maximum Gasteiger partial charge on any atom is 0.303 e. The van der Waals surface area contributed by atoms with Crippen molar-refractivity contribution in [3.8, 4) is 0 Å². The summed E-state index contributed by atoms with van der Waals surface area (Å²) in [7, 11) is 0. The van der Waals surface area contributed by atoms with Gasteiger partial charge in [0, 0.05) is 6.42 Å². The smallest absolute Gasteiger partial charge is 0.303 e. The summed E-state index contributed by atoms with van der Waals surface area (Å²) in [4.78, 5) is 10.4. The lowest BCUT2D eigenvalue weighted by molar-refractivity contribution is -0.137. The summed E-state index contributed by atoms with van der Waals surface area (Å²) in [6.07, 6.45) is 31.2. The van der Waals surface area contributed by atoms with Crippen LogP contribution in [0.1, 0.15) is 122 Å². The van der Waals surface area contributed by atoms with Crippen molar-refractivity contribution >= 4 is 5.97 Å². The molecule has 0 aliphatic heterocycles. The standard InChI is InChI=1S/C24H44O2/c1-2-3-4-5-6-7-8-9-10-11-12-13-14-15-16-17-18-19-20-21-22-23-24(25)26/h17-20H,2-16,21-23H2,1H3,(H,25,26)/b18-17+,20-19+. The molecule has 0 spiro atoms. The molecule has 0 saturated carbocycles. The van der Waals surface area contributed by atoms with Crippen LogP contribution in [0, 0.1) is 0 Å². The van der Waals surface area contributed by atoms with E-state index in [0.29, 0.717) is 0 Å². The Balaban J connectivity index is 3.13. The van der Waals surface area contributed by atoms with Gasteiger partial charge in [0.2, 0.25) is 0 Å². The monoisotopic (exact) mass is 364 g/mol. The van der Waals surface area contributed by atoms with Crippen LogP contribution in [0.2, 0.25) is 0 Å². The fourth-order valence-corrected chi connectivity index (χ4v) is 3.18. The van der Waals surface area contributed by atoms with Gasteiger partial charge in [-0.1, -0.05) is 115 Å². The fraction of sp³-hybridized carbons (Fsp3) is 0.792. The van der Waals surface area contributed by atoms with Gasteiger partial charge in [0.05, 0.1) is 0 Å². The predicted octanol–water partition coefficient (Wildman–Crippen LogP) is 8.23. The van der Waals surface area contributed by atoms with E-state index in [9.17, 15) is 4.79 Å². The highest BCUT2D eigenvalue weighted by atomic mass is 16.4. The summed E-state index contributed by atoms with van der Waals surface area (Å²) in [5, 5.41) is 8.53. The first-order chi connectivity index (χ1) is 12.8. The average Bonchev–Trinajstić information content (AvgIpc) is 2.62. The van der Waals surface area contributed by atoms with Crippen LogP contribution in [0.3, 0.4) is 0 Å². The number of carboxylic acid groups (broad SMARTS) is 1. The Morgan fingerprint density at radius 1 is 0.615 bits per heavy atom. The van der Waals surface area contributed by atoms with Crippen LogP contribution in [-0.2, 0) is 4.79 Å². The summed E-state index contributed by atoms with van der Waals surface area (Å²) in [5.41, 5.74) is 0. The first kappa shape index (κ1) is 24.9. The zero-order chi connectivity index (χ0) is 19.1. The van der Waals surface area contributed by atoms with Crippen LogP contribution in [-0.4, -0.2) is 11.1 Å². The highest BCUT2D eigenvalue weighted by Crippen LogP contribution is 2.13. The third-order valence-electron chi connectivity index (χ3n) is 4.87. The molecule has 0 unspecified atom stereocenters. The van der Waals surface area contributed by atoms with Gasteiger partial charge in [-0.25, -0.2) is 0 Å². The van der Waals surface area contributed by atoms with Crippen molar-refractivity contribution in [3.63, 3.8) is 0 Å². The van der Waals surface area contributed by atoms with Crippen molar-refractivity contribution in [2.24, 2.45) is 0 Å².